The minimum atomic E-state index is -1.18. The van der Waals surface area contributed by atoms with Crippen molar-refractivity contribution in [2.24, 2.45) is 5.73 Å². The molecule has 5 heteroatoms. The molecule has 1 amide bonds. The van der Waals surface area contributed by atoms with Crippen LogP contribution in [0.2, 0.25) is 0 Å². The minimum Gasteiger partial charge on any atom is -0.358 e. The van der Waals surface area contributed by atoms with Gasteiger partial charge in [-0.05, 0) is 6.07 Å². The highest BCUT2D eigenvalue weighted by atomic mass is 19.2. The molecule has 0 aliphatic rings. The SMILES string of the molecule is CNC(=O)C(N)c1cccc(F)c1F. The van der Waals surface area contributed by atoms with Crippen molar-refractivity contribution < 1.29 is 13.6 Å². The zero-order chi connectivity index (χ0) is 10.7. The highest BCUT2D eigenvalue weighted by Gasteiger charge is 2.19. The number of likely N-dealkylation sites (N-methyl/N-ethyl adjacent to an activating group) is 1. The molecule has 1 unspecified atom stereocenters. The van der Waals surface area contributed by atoms with E-state index in [1.807, 2.05) is 0 Å². The molecule has 0 radical (unpaired) electrons. The third kappa shape index (κ3) is 1.88. The van der Waals surface area contributed by atoms with Gasteiger partial charge in [0.05, 0.1) is 0 Å². The van der Waals surface area contributed by atoms with E-state index in [0.29, 0.717) is 0 Å². The molecular weight excluding hydrogens is 190 g/mol. The van der Waals surface area contributed by atoms with Gasteiger partial charge in [-0.3, -0.25) is 4.79 Å². The predicted octanol–water partition coefficient (Wildman–Crippen LogP) is 0.711. The van der Waals surface area contributed by atoms with Gasteiger partial charge in [0.25, 0.3) is 0 Å². The second kappa shape index (κ2) is 4.15. The first-order valence-electron chi connectivity index (χ1n) is 3.99. The molecule has 0 saturated heterocycles. The Hall–Kier alpha value is -1.49. The first kappa shape index (κ1) is 10.6. The molecule has 3 nitrogen and oxygen atoms in total. The van der Waals surface area contributed by atoms with E-state index in [-0.39, 0.29) is 5.56 Å². The van der Waals surface area contributed by atoms with Crippen molar-refractivity contribution in [1.82, 2.24) is 5.32 Å². The maximum absolute atomic E-state index is 13.1. The molecular formula is C9H10F2N2O. The Kier molecular flexibility index (Phi) is 3.14. The van der Waals surface area contributed by atoms with Gasteiger partial charge in [-0.15, -0.1) is 0 Å². The Morgan fingerprint density at radius 3 is 2.71 bits per heavy atom. The first-order valence-corrected chi connectivity index (χ1v) is 3.99. The fourth-order valence-electron chi connectivity index (χ4n) is 1.06. The molecule has 1 aromatic rings. The zero-order valence-electron chi connectivity index (χ0n) is 7.55. The molecule has 1 aromatic carbocycles. The van der Waals surface area contributed by atoms with Crippen LogP contribution in [-0.4, -0.2) is 13.0 Å². The second-order valence-corrected chi connectivity index (χ2v) is 2.73. The van der Waals surface area contributed by atoms with Gasteiger partial charge < -0.3 is 11.1 Å². The third-order valence-electron chi connectivity index (χ3n) is 1.85. The number of rotatable bonds is 2. The molecule has 1 atom stereocenters. The quantitative estimate of drug-likeness (QED) is 0.738. The van der Waals surface area contributed by atoms with Crippen molar-refractivity contribution >= 4 is 5.91 Å². The first-order chi connectivity index (χ1) is 6.57. The van der Waals surface area contributed by atoms with Crippen molar-refractivity contribution in [3.63, 3.8) is 0 Å². The van der Waals surface area contributed by atoms with E-state index in [1.165, 1.54) is 19.2 Å². The summed E-state index contributed by atoms with van der Waals surface area (Å²) in [6, 6.07) is 2.36. The van der Waals surface area contributed by atoms with Gasteiger partial charge in [0.2, 0.25) is 5.91 Å². The van der Waals surface area contributed by atoms with E-state index < -0.39 is 23.6 Å². The Labute approximate surface area is 79.9 Å². The van der Waals surface area contributed by atoms with Crippen LogP contribution in [0.15, 0.2) is 18.2 Å². The fraction of sp³-hybridized carbons (Fsp3) is 0.222. The van der Waals surface area contributed by atoms with Crippen molar-refractivity contribution in [3.8, 4) is 0 Å². The number of hydrogen-bond acceptors (Lipinski definition) is 2. The largest absolute Gasteiger partial charge is 0.358 e. The molecule has 0 aromatic heterocycles. The van der Waals surface area contributed by atoms with Gasteiger partial charge in [-0.1, -0.05) is 12.1 Å². The maximum Gasteiger partial charge on any atom is 0.241 e. The summed E-state index contributed by atoms with van der Waals surface area (Å²) in [5.74, 6) is -2.65. The van der Waals surface area contributed by atoms with Crippen molar-refractivity contribution in [2.75, 3.05) is 7.05 Å². The van der Waals surface area contributed by atoms with E-state index in [0.717, 1.165) is 6.07 Å². The Balaban J connectivity index is 3.07. The number of halogens is 2. The van der Waals surface area contributed by atoms with E-state index >= 15 is 0 Å². The molecule has 0 spiro atoms. The summed E-state index contributed by atoms with van der Waals surface area (Å²) in [6.07, 6.45) is 0. The highest BCUT2D eigenvalue weighted by molar-refractivity contribution is 5.82. The van der Waals surface area contributed by atoms with Crippen LogP contribution >= 0.6 is 0 Å². The molecule has 0 bridgehead atoms. The van der Waals surface area contributed by atoms with Crippen molar-refractivity contribution in [2.45, 2.75) is 6.04 Å². The molecule has 1 rings (SSSR count). The lowest BCUT2D eigenvalue weighted by molar-refractivity contribution is -0.122. The average Bonchev–Trinajstić information content (AvgIpc) is 2.20. The molecule has 0 fully saturated rings. The van der Waals surface area contributed by atoms with Crippen molar-refractivity contribution in [1.29, 1.82) is 0 Å². The van der Waals surface area contributed by atoms with Crippen LogP contribution in [0.5, 0.6) is 0 Å². The van der Waals surface area contributed by atoms with Crippen LogP contribution in [0.1, 0.15) is 11.6 Å². The summed E-state index contributed by atoms with van der Waals surface area (Å²) in [6.45, 7) is 0. The van der Waals surface area contributed by atoms with E-state index in [2.05, 4.69) is 5.32 Å². The molecule has 0 heterocycles. The summed E-state index contributed by atoms with van der Waals surface area (Å²) in [5, 5.41) is 2.26. The second-order valence-electron chi connectivity index (χ2n) is 2.73. The lowest BCUT2D eigenvalue weighted by Crippen LogP contribution is -2.32. The normalized spacial score (nSPS) is 12.3. The van der Waals surface area contributed by atoms with Gasteiger partial charge in [0, 0.05) is 12.6 Å². The van der Waals surface area contributed by atoms with E-state index in [9.17, 15) is 13.6 Å². The Morgan fingerprint density at radius 2 is 2.14 bits per heavy atom. The van der Waals surface area contributed by atoms with Crippen LogP contribution < -0.4 is 11.1 Å². The van der Waals surface area contributed by atoms with Crippen LogP contribution in [-0.2, 0) is 4.79 Å². The minimum absolute atomic E-state index is 0.149. The fourth-order valence-corrected chi connectivity index (χ4v) is 1.06. The number of hydrogen-bond donors (Lipinski definition) is 2. The van der Waals surface area contributed by atoms with E-state index in [4.69, 9.17) is 5.73 Å². The monoisotopic (exact) mass is 200 g/mol. The number of nitrogens with two attached hydrogens (primary N) is 1. The lowest BCUT2D eigenvalue weighted by Gasteiger charge is -2.11. The average molecular weight is 200 g/mol. The number of carbonyl (C=O) groups is 1. The van der Waals surface area contributed by atoms with Crippen molar-refractivity contribution in [3.05, 3.63) is 35.4 Å². The van der Waals surface area contributed by atoms with Crippen LogP contribution in [0, 0.1) is 11.6 Å². The summed E-state index contributed by atoms with van der Waals surface area (Å²) < 4.78 is 25.9. The summed E-state index contributed by atoms with van der Waals surface area (Å²) in [5.41, 5.74) is 5.25. The smallest absolute Gasteiger partial charge is 0.241 e. The maximum atomic E-state index is 13.1. The van der Waals surface area contributed by atoms with Gasteiger partial charge in [0.15, 0.2) is 11.6 Å². The summed E-state index contributed by atoms with van der Waals surface area (Å²) in [7, 11) is 1.37. The molecule has 76 valence electrons. The van der Waals surface area contributed by atoms with Gasteiger partial charge in [-0.2, -0.15) is 0 Å². The van der Waals surface area contributed by atoms with Crippen LogP contribution in [0.25, 0.3) is 0 Å². The van der Waals surface area contributed by atoms with Gasteiger partial charge in [0.1, 0.15) is 6.04 Å². The number of nitrogens with one attached hydrogen (secondary N) is 1. The Morgan fingerprint density at radius 1 is 1.50 bits per heavy atom. The topological polar surface area (TPSA) is 55.1 Å². The molecule has 14 heavy (non-hydrogen) atoms. The summed E-state index contributed by atoms with van der Waals surface area (Å²) >= 11 is 0. The van der Waals surface area contributed by atoms with Crippen LogP contribution in [0.4, 0.5) is 8.78 Å². The van der Waals surface area contributed by atoms with Gasteiger partial charge >= 0.3 is 0 Å². The van der Waals surface area contributed by atoms with Gasteiger partial charge in [-0.25, -0.2) is 8.78 Å². The number of benzene rings is 1. The highest BCUT2D eigenvalue weighted by Crippen LogP contribution is 2.17. The predicted molar refractivity (Wildman–Crippen MR) is 47.4 cm³/mol. The molecule has 3 N–H and O–H groups in total. The number of carbonyl (C=O) groups excluding carboxylic acids is 1. The zero-order valence-corrected chi connectivity index (χ0v) is 7.55. The third-order valence-corrected chi connectivity index (χ3v) is 1.85. The summed E-state index contributed by atoms with van der Waals surface area (Å²) in [4.78, 5) is 11.1. The lowest BCUT2D eigenvalue weighted by atomic mass is 10.1. The van der Waals surface area contributed by atoms with Crippen LogP contribution in [0.3, 0.4) is 0 Å². The Bertz CT molecular complexity index is 355. The van der Waals surface area contributed by atoms with E-state index in [1.54, 1.807) is 0 Å². The number of amides is 1. The standard InChI is InChI=1S/C9H10F2N2O/c1-13-9(14)8(12)5-3-2-4-6(10)7(5)11/h2-4,8H,12H2,1H3,(H,13,14). The molecule has 0 saturated carbocycles. The molecule has 0 aliphatic heterocycles. The molecule has 0 aliphatic carbocycles.